The fourth-order valence-electron chi connectivity index (χ4n) is 1.43. The quantitative estimate of drug-likeness (QED) is 0.578. The summed E-state index contributed by atoms with van der Waals surface area (Å²) in [6, 6.07) is 14.3. The van der Waals surface area contributed by atoms with E-state index in [1.54, 1.807) is 17.8 Å². The summed E-state index contributed by atoms with van der Waals surface area (Å²) in [4.78, 5) is 0.924. The van der Waals surface area contributed by atoms with Crippen LogP contribution in [-0.2, 0) is 0 Å². The maximum Gasteiger partial charge on any atom is 0.124 e. The van der Waals surface area contributed by atoms with Crippen molar-refractivity contribution >= 4 is 27.7 Å². The molecule has 0 fully saturated rings. The maximum absolute atomic E-state index is 12.9. The zero-order valence-corrected chi connectivity index (χ0v) is 12.0. The van der Waals surface area contributed by atoms with Crippen LogP contribution in [0.1, 0.15) is 0 Å². The molecule has 0 aliphatic heterocycles. The molecule has 0 unspecified atom stereocenters. The Hall–Kier alpha value is -1.00. The van der Waals surface area contributed by atoms with E-state index in [9.17, 15) is 4.39 Å². The highest BCUT2D eigenvalue weighted by molar-refractivity contribution is 9.10. The molecular formula is C14H12BrFOS. The Morgan fingerprint density at radius 1 is 1.11 bits per heavy atom. The van der Waals surface area contributed by atoms with Gasteiger partial charge < -0.3 is 4.74 Å². The second-order valence-corrected chi connectivity index (χ2v) is 5.70. The molecule has 2 aromatic rings. The van der Waals surface area contributed by atoms with Crippen LogP contribution in [0.3, 0.4) is 0 Å². The first-order valence-corrected chi connectivity index (χ1v) is 7.28. The van der Waals surface area contributed by atoms with E-state index in [-0.39, 0.29) is 5.82 Å². The molecule has 0 spiro atoms. The van der Waals surface area contributed by atoms with Crippen molar-refractivity contribution in [1.29, 1.82) is 0 Å². The highest BCUT2D eigenvalue weighted by atomic mass is 79.9. The van der Waals surface area contributed by atoms with E-state index in [0.29, 0.717) is 6.61 Å². The zero-order valence-electron chi connectivity index (χ0n) is 9.61. The van der Waals surface area contributed by atoms with Gasteiger partial charge in [0.2, 0.25) is 0 Å². The lowest BCUT2D eigenvalue weighted by molar-refractivity contribution is 0.344. The minimum atomic E-state index is -0.201. The number of hydrogen-bond donors (Lipinski definition) is 0. The van der Waals surface area contributed by atoms with Crippen molar-refractivity contribution in [1.82, 2.24) is 0 Å². The number of rotatable bonds is 5. The number of ether oxygens (including phenoxy) is 1. The van der Waals surface area contributed by atoms with Gasteiger partial charge in [-0.05, 0) is 36.4 Å². The topological polar surface area (TPSA) is 9.23 Å². The lowest BCUT2D eigenvalue weighted by atomic mass is 10.3. The second kappa shape index (κ2) is 6.81. The first-order chi connectivity index (χ1) is 8.74. The largest absolute Gasteiger partial charge is 0.493 e. The van der Waals surface area contributed by atoms with Crippen molar-refractivity contribution in [2.45, 2.75) is 4.90 Å². The molecule has 18 heavy (non-hydrogen) atoms. The Labute approximate surface area is 118 Å². The van der Waals surface area contributed by atoms with Gasteiger partial charge in [0.1, 0.15) is 11.6 Å². The standard InChI is InChI=1S/C14H12BrFOS/c15-11-3-1-5-13(9-11)17-7-8-18-14-6-2-4-12(16)10-14/h1-6,9-10H,7-8H2. The minimum Gasteiger partial charge on any atom is -0.493 e. The van der Waals surface area contributed by atoms with E-state index >= 15 is 0 Å². The molecule has 0 radical (unpaired) electrons. The summed E-state index contributed by atoms with van der Waals surface area (Å²) in [6.45, 7) is 0.595. The molecular weight excluding hydrogens is 315 g/mol. The van der Waals surface area contributed by atoms with Crippen LogP contribution in [-0.4, -0.2) is 12.4 Å². The van der Waals surface area contributed by atoms with Crippen LogP contribution >= 0.6 is 27.7 Å². The van der Waals surface area contributed by atoms with Gasteiger partial charge in [-0.3, -0.25) is 0 Å². The van der Waals surface area contributed by atoms with Crippen molar-refractivity contribution < 1.29 is 9.13 Å². The number of hydrogen-bond acceptors (Lipinski definition) is 2. The van der Waals surface area contributed by atoms with E-state index < -0.39 is 0 Å². The zero-order chi connectivity index (χ0) is 12.8. The van der Waals surface area contributed by atoms with E-state index in [1.165, 1.54) is 12.1 Å². The lowest BCUT2D eigenvalue weighted by Crippen LogP contribution is -1.99. The molecule has 2 rings (SSSR count). The lowest BCUT2D eigenvalue weighted by Gasteiger charge is -2.06. The number of thioether (sulfide) groups is 1. The second-order valence-electron chi connectivity index (χ2n) is 3.61. The predicted molar refractivity (Wildman–Crippen MR) is 76.8 cm³/mol. The van der Waals surface area contributed by atoms with Crippen LogP contribution in [0.15, 0.2) is 57.9 Å². The van der Waals surface area contributed by atoms with E-state index in [2.05, 4.69) is 15.9 Å². The molecule has 2 aromatic carbocycles. The summed E-state index contributed by atoms with van der Waals surface area (Å²) in [5.74, 6) is 1.42. The van der Waals surface area contributed by atoms with Gasteiger partial charge in [0, 0.05) is 15.1 Å². The molecule has 1 nitrogen and oxygen atoms in total. The Morgan fingerprint density at radius 3 is 2.72 bits per heavy atom. The summed E-state index contributed by atoms with van der Waals surface area (Å²) in [5.41, 5.74) is 0. The van der Waals surface area contributed by atoms with Crippen LogP contribution < -0.4 is 4.74 Å². The Kier molecular flexibility index (Phi) is 5.08. The maximum atomic E-state index is 12.9. The minimum absolute atomic E-state index is 0.201. The summed E-state index contributed by atoms with van der Waals surface area (Å²) in [5, 5.41) is 0. The van der Waals surface area contributed by atoms with E-state index in [4.69, 9.17) is 4.74 Å². The van der Waals surface area contributed by atoms with Crippen molar-refractivity contribution in [2.24, 2.45) is 0 Å². The molecule has 0 aromatic heterocycles. The average molecular weight is 327 g/mol. The summed E-state index contributed by atoms with van der Waals surface area (Å²) < 4.78 is 19.5. The van der Waals surface area contributed by atoms with Gasteiger partial charge in [0.25, 0.3) is 0 Å². The molecule has 94 valence electrons. The van der Waals surface area contributed by atoms with Gasteiger partial charge in [-0.1, -0.05) is 28.1 Å². The fraction of sp³-hybridized carbons (Fsp3) is 0.143. The summed E-state index contributed by atoms with van der Waals surface area (Å²) in [7, 11) is 0. The molecule has 0 N–H and O–H groups in total. The fourth-order valence-corrected chi connectivity index (χ4v) is 2.58. The number of halogens is 2. The monoisotopic (exact) mass is 326 g/mol. The van der Waals surface area contributed by atoms with Gasteiger partial charge in [0.15, 0.2) is 0 Å². The van der Waals surface area contributed by atoms with Crippen molar-refractivity contribution in [3.05, 3.63) is 58.8 Å². The van der Waals surface area contributed by atoms with Gasteiger partial charge in [-0.15, -0.1) is 11.8 Å². The molecule has 0 atom stereocenters. The Balaban J connectivity index is 1.76. The van der Waals surface area contributed by atoms with E-state index in [0.717, 1.165) is 20.9 Å². The van der Waals surface area contributed by atoms with Crippen LogP contribution in [0.2, 0.25) is 0 Å². The van der Waals surface area contributed by atoms with Crippen molar-refractivity contribution in [3.8, 4) is 5.75 Å². The number of benzene rings is 2. The molecule has 0 amide bonds. The molecule has 0 aliphatic carbocycles. The smallest absolute Gasteiger partial charge is 0.124 e. The normalized spacial score (nSPS) is 10.3. The van der Waals surface area contributed by atoms with Gasteiger partial charge in [-0.25, -0.2) is 4.39 Å². The SMILES string of the molecule is Fc1cccc(SCCOc2cccc(Br)c2)c1. The van der Waals surface area contributed by atoms with Crippen molar-refractivity contribution in [2.75, 3.05) is 12.4 Å². The molecule has 0 saturated heterocycles. The first-order valence-electron chi connectivity index (χ1n) is 5.51. The van der Waals surface area contributed by atoms with Gasteiger partial charge in [0.05, 0.1) is 6.61 Å². The van der Waals surface area contributed by atoms with E-state index in [1.807, 2.05) is 30.3 Å². The third-order valence-electron chi connectivity index (χ3n) is 2.21. The van der Waals surface area contributed by atoms with Gasteiger partial charge in [-0.2, -0.15) is 0 Å². The average Bonchev–Trinajstić information content (AvgIpc) is 2.35. The highest BCUT2D eigenvalue weighted by Gasteiger charge is 1.98. The third kappa shape index (κ3) is 4.35. The Bertz CT molecular complexity index is 471. The summed E-state index contributed by atoms with van der Waals surface area (Å²) >= 11 is 4.97. The molecule has 4 heteroatoms. The first kappa shape index (κ1) is 13.4. The molecule has 0 aliphatic rings. The van der Waals surface area contributed by atoms with Crippen LogP contribution in [0.25, 0.3) is 0 Å². The molecule has 0 saturated carbocycles. The van der Waals surface area contributed by atoms with Crippen LogP contribution in [0, 0.1) is 5.82 Å². The van der Waals surface area contributed by atoms with Crippen molar-refractivity contribution in [3.63, 3.8) is 0 Å². The molecule has 0 heterocycles. The van der Waals surface area contributed by atoms with Gasteiger partial charge >= 0.3 is 0 Å². The third-order valence-corrected chi connectivity index (χ3v) is 3.66. The summed E-state index contributed by atoms with van der Waals surface area (Å²) in [6.07, 6.45) is 0. The van der Waals surface area contributed by atoms with Crippen LogP contribution in [0.5, 0.6) is 5.75 Å². The predicted octanol–water partition coefficient (Wildman–Crippen LogP) is 4.76. The Morgan fingerprint density at radius 2 is 1.94 bits per heavy atom. The molecule has 0 bridgehead atoms. The van der Waals surface area contributed by atoms with Crippen LogP contribution in [0.4, 0.5) is 4.39 Å². The highest BCUT2D eigenvalue weighted by Crippen LogP contribution is 2.20.